The molecular formula is C20H20N4O. The van der Waals surface area contributed by atoms with Crippen molar-refractivity contribution < 1.29 is 4.79 Å². The van der Waals surface area contributed by atoms with Gasteiger partial charge in [-0.2, -0.15) is 0 Å². The molecule has 0 bridgehead atoms. The molecule has 0 radical (unpaired) electrons. The maximum Gasteiger partial charge on any atom is 0.272 e. The molecule has 0 saturated carbocycles. The van der Waals surface area contributed by atoms with Crippen molar-refractivity contribution >= 4 is 17.4 Å². The molecular weight excluding hydrogens is 312 g/mol. The Kier molecular flexibility index (Phi) is 5.04. The number of nitrogens with zero attached hydrogens (tertiary/aromatic N) is 2. The zero-order valence-corrected chi connectivity index (χ0v) is 14.2. The standard InChI is InChI=1S/C20H20N4O/c1-14-8-6-7-11-17(14)22-19-13-12-18(23-24-19)20(25)21-15(2)16-9-4-3-5-10-16/h3-13,15H,1-2H3,(H,21,25)(H,22,24). The first-order valence-corrected chi connectivity index (χ1v) is 8.15. The lowest BCUT2D eigenvalue weighted by Gasteiger charge is -2.14. The predicted molar refractivity (Wildman–Crippen MR) is 98.8 cm³/mol. The van der Waals surface area contributed by atoms with Gasteiger partial charge in [0.25, 0.3) is 5.91 Å². The minimum Gasteiger partial charge on any atom is -0.344 e. The van der Waals surface area contributed by atoms with Gasteiger partial charge in [-0.3, -0.25) is 4.79 Å². The Morgan fingerprint density at radius 1 is 0.920 bits per heavy atom. The quantitative estimate of drug-likeness (QED) is 0.740. The van der Waals surface area contributed by atoms with E-state index in [9.17, 15) is 4.79 Å². The second-order valence-corrected chi connectivity index (χ2v) is 5.85. The summed E-state index contributed by atoms with van der Waals surface area (Å²) in [6.45, 7) is 3.96. The smallest absolute Gasteiger partial charge is 0.272 e. The number of benzene rings is 2. The second kappa shape index (κ2) is 7.57. The first-order chi connectivity index (χ1) is 12.1. The third-order valence-electron chi connectivity index (χ3n) is 3.95. The van der Waals surface area contributed by atoms with Crippen LogP contribution < -0.4 is 10.6 Å². The molecule has 5 heteroatoms. The van der Waals surface area contributed by atoms with Crippen molar-refractivity contribution in [3.8, 4) is 0 Å². The number of anilines is 2. The van der Waals surface area contributed by atoms with E-state index in [1.54, 1.807) is 12.1 Å². The minimum absolute atomic E-state index is 0.0970. The summed E-state index contributed by atoms with van der Waals surface area (Å²) in [4.78, 5) is 12.3. The molecule has 1 atom stereocenters. The predicted octanol–water partition coefficient (Wildman–Crippen LogP) is 4.02. The summed E-state index contributed by atoms with van der Waals surface area (Å²) in [7, 11) is 0. The van der Waals surface area contributed by atoms with Crippen molar-refractivity contribution in [2.45, 2.75) is 19.9 Å². The molecule has 0 saturated heterocycles. The van der Waals surface area contributed by atoms with E-state index in [0.717, 1.165) is 16.8 Å². The molecule has 0 aliphatic heterocycles. The third-order valence-corrected chi connectivity index (χ3v) is 3.95. The minimum atomic E-state index is -0.244. The lowest BCUT2D eigenvalue weighted by atomic mass is 10.1. The van der Waals surface area contributed by atoms with Crippen molar-refractivity contribution in [2.24, 2.45) is 0 Å². The molecule has 2 N–H and O–H groups in total. The van der Waals surface area contributed by atoms with E-state index in [4.69, 9.17) is 0 Å². The van der Waals surface area contributed by atoms with Crippen LogP contribution >= 0.6 is 0 Å². The Morgan fingerprint density at radius 2 is 1.64 bits per heavy atom. The molecule has 0 aliphatic carbocycles. The SMILES string of the molecule is Cc1ccccc1Nc1ccc(C(=O)NC(C)c2ccccc2)nn1. The van der Waals surface area contributed by atoms with Gasteiger partial charge in [0, 0.05) is 5.69 Å². The van der Waals surface area contributed by atoms with Gasteiger partial charge >= 0.3 is 0 Å². The van der Waals surface area contributed by atoms with Crippen LogP contribution in [-0.4, -0.2) is 16.1 Å². The molecule has 1 heterocycles. The summed E-state index contributed by atoms with van der Waals surface area (Å²) in [5.41, 5.74) is 3.41. The molecule has 0 aliphatic rings. The number of para-hydroxylation sites is 1. The summed E-state index contributed by atoms with van der Waals surface area (Å²) in [6.07, 6.45) is 0. The lowest BCUT2D eigenvalue weighted by molar-refractivity contribution is 0.0934. The number of amides is 1. The molecule has 0 spiro atoms. The Morgan fingerprint density at radius 3 is 2.32 bits per heavy atom. The number of hydrogen-bond acceptors (Lipinski definition) is 4. The molecule has 1 unspecified atom stereocenters. The Labute approximate surface area is 147 Å². The monoisotopic (exact) mass is 332 g/mol. The summed E-state index contributed by atoms with van der Waals surface area (Å²) >= 11 is 0. The topological polar surface area (TPSA) is 66.9 Å². The number of carbonyl (C=O) groups is 1. The van der Waals surface area contributed by atoms with Gasteiger partial charge in [-0.15, -0.1) is 10.2 Å². The molecule has 1 aromatic heterocycles. The van der Waals surface area contributed by atoms with Gasteiger partial charge in [0.2, 0.25) is 0 Å². The number of hydrogen-bond donors (Lipinski definition) is 2. The lowest BCUT2D eigenvalue weighted by Crippen LogP contribution is -2.27. The molecule has 3 aromatic rings. The highest BCUT2D eigenvalue weighted by atomic mass is 16.2. The molecule has 25 heavy (non-hydrogen) atoms. The maximum absolute atomic E-state index is 12.3. The van der Waals surface area contributed by atoms with Crippen LogP contribution in [0.15, 0.2) is 66.7 Å². The first kappa shape index (κ1) is 16.6. The Balaban J connectivity index is 1.65. The molecule has 2 aromatic carbocycles. The third kappa shape index (κ3) is 4.20. The van der Waals surface area contributed by atoms with Crippen molar-refractivity contribution in [2.75, 3.05) is 5.32 Å². The van der Waals surface area contributed by atoms with Crippen molar-refractivity contribution in [1.82, 2.24) is 15.5 Å². The van der Waals surface area contributed by atoms with Gasteiger partial charge in [-0.25, -0.2) is 0 Å². The van der Waals surface area contributed by atoms with Crippen LogP contribution in [-0.2, 0) is 0 Å². The highest BCUT2D eigenvalue weighted by Crippen LogP contribution is 2.18. The maximum atomic E-state index is 12.3. The highest BCUT2D eigenvalue weighted by Gasteiger charge is 2.13. The molecule has 126 valence electrons. The van der Waals surface area contributed by atoms with E-state index in [-0.39, 0.29) is 17.6 Å². The van der Waals surface area contributed by atoms with Crippen LogP contribution in [0.4, 0.5) is 11.5 Å². The van der Waals surface area contributed by atoms with Crippen molar-refractivity contribution in [1.29, 1.82) is 0 Å². The van der Waals surface area contributed by atoms with Crippen molar-refractivity contribution in [3.63, 3.8) is 0 Å². The molecule has 3 rings (SSSR count). The van der Waals surface area contributed by atoms with Crippen molar-refractivity contribution in [3.05, 3.63) is 83.6 Å². The second-order valence-electron chi connectivity index (χ2n) is 5.85. The van der Waals surface area contributed by atoms with Gasteiger partial charge in [0.15, 0.2) is 11.5 Å². The van der Waals surface area contributed by atoms with E-state index in [1.165, 1.54) is 0 Å². The fourth-order valence-corrected chi connectivity index (χ4v) is 2.47. The zero-order chi connectivity index (χ0) is 17.6. The number of aryl methyl sites for hydroxylation is 1. The summed E-state index contributed by atoms with van der Waals surface area (Å²) in [5, 5.41) is 14.2. The summed E-state index contributed by atoms with van der Waals surface area (Å²) < 4.78 is 0. The highest BCUT2D eigenvalue weighted by molar-refractivity contribution is 5.92. The Hall–Kier alpha value is -3.21. The van der Waals surface area contributed by atoms with E-state index < -0.39 is 0 Å². The number of aromatic nitrogens is 2. The number of rotatable bonds is 5. The normalized spacial score (nSPS) is 11.6. The summed E-state index contributed by atoms with van der Waals surface area (Å²) in [5.74, 6) is 0.355. The number of carbonyl (C=O) groups excluding carboxylic acids is 1. The van der Waals surface area contributed by atoms with E-state index in [0.29, 0.717) is 5.82 Å². The van der Waals surface area contributed by atoms with Gasteiger partial charge in [0.05, 0.1) is 6.04 Å². The molecule has 5 nitrogen and oxygen atoms in total. The van der Waals surface area contributed by atoms with E-state index in [2.05, 4.69) is 20.8 Å². The average Bonchev–Trinajstić information content (AvgIpc) is 2.65. The fraction of sp³-hybridized carbons (Fsp3) is 0.150. The van der Waals surface area contributed by atoms with Gasteiger partial charge in [-0.1, -0.05) is 48.5 Å². The van der Waals surface area contributed by atoms with Crippen LogP contribution in [0, 0.1) is 6.92 Å². The number of nitrogens with one attached hydrogen (secondary N) is 2. The summed E-state index contributed by atoms with van der Waals surface area (Å²) in [6, 6.07) is 21.0. The Bertz CT molecular complexity index is 847. The largest absolute Gasteiger partial charge is 0.344 e. The molecule has 1 amide bonds. The van der Waals surface area contributed by atoms with E-state index in [1.807, 2.05) is 68.4 Å². The van der Waals surface area contributed by atoms with Crippen LogP contribution in [0.5, 0.6) is 0 Å². The van der Waals surface area contributed by atoms with Crippen LogP contribution in [0.25, 0.3) is 0 Å². The average molecular weight is 332 g/mol. The fourth-order valence-electron chi connectivity index (χ4n) is 2.47. The molecule has 0 fully saturated rings. The van der Waals surface area contributed by atoms with Crippen LogP contribution in [0.1, 0.15) is 34.6 Å². The first-order valence-electron chi connectivity index (χ1n) is 8.15. The van der Waals surface area contributed by atoms with Gasteiger partial charge in [0.1, 0.15) is 0 Å². The van der Waals surface area contributed by atoms with Gasteiger partial charge < -0.3 is 10.6 Å². The zero-order valence-electron chi connectivity index (χ0n) is 14.2. The van der Waals surface area contributed by atoms with E-state index >= 15 is 0 Å². The van der Waals surface area contributed by atoms with Gasteiger partial charge in [-0.05, 0) is 43.2 Å². The van der Waals surface area contributed by atoms with Crippen LogP contribution in [0.2, 0.25) is 0 Å². The van der Waals surface area contributed by atoms with Crippen LogP contribution in [0.3, 0.4) is 0 Å².